The molecule has 0 saturated carbocycles. The van der Waals surface area contributed by atoms with Crippen LogP contribution in [0.25, 0.3) is 5.76 Å². The van der Waals surface area contributed by atoms with E-state index in [1.54, 1.807) is 85.8 Å². The summed E-state index contributed by atoms with van der Waals surface area (Å²) in [4.78, 5) is 43.9. The Labute approximate surface area is 237 Å². The van der Waals surface area contributed by atoms with Gasteiger partial charge in [0.1, 0.15) is 5.82 Å². The monoisotopic (exact) mass is 567 g/mol. The second-order valence-corrected chi connectivity index (χ2v) is 11.2. The number of hydrogen-bond acceptors (Lipinski definition) is 7. The lowest BCUT2D eigenvalue weighted by molar-refractivity contribution is -0.138. The van der Waals surface area contributed by atoms with Crippen molar-refractivity contribution in [1.29, 1.82) is 0 Å². The van der Waals surface area contributed by atoms with Crippen LogP contribution in [0.1, 0.15) is 39.9 Å². The number of amides is 1. The number of rotatable bonds is 7. The number of hydrogen-bond donors (Lipinski definition) is 1. The zero-order valence-electron chi connectivity index (χ0n) is 22.1. The number of nitrogens with zero attached hydrogens (tertiary/aromatic N) is 2. The number of aromatic nitrogens is 1. The number of carbonyl (C=O) groups is 3. The summed E-state index contributed by atoms with van der Waals surface area (Å²) >= 11 is 0. The fourth-order valence-electron chi connectivity index (χ4n) is 4.41. The summed E-state index contributed by atoms with van der Waals surface area (Å²) in [6.45, 7) is 1.61. The SMILES string of the molecule is CC(C(=O)OC1=C(C(=O)Nc2ccccn2)N(C)S(=O)(=O)c2ccccc21)c1cccc(C(=O)c2ccccc2)c1. The van der Waals surface area contributed by atoms with Crippen molar-refractivity contribution in [3.63, 3.8) is 0 Å². The van der Waals surface area contributed by atoms with Gasteiger partial charge in [-0.2, -0.15) is 0 Å². The molecule has 41 heavy (non-hydrogen) atoms. The van der Waals surface area contributed by atoms with Gasteiger partial charge < -0.3 is 10.1 Å². The maximum absolute atomic E-state index is 13.5. The molecule has 206 valence electrons. The minimum atomic E-state index is -4.12. The van der Waals surface area contributed by atoms with Crippen molar-refractivity contribution in [3.8, 4) is 0 Å². The summed E-state index contributed by atoms with van der Waals surface area (Å²) in [5.41, 5.74) is 1.13. The first kappa shape index (κ1) is 27.5. The van der Waals surface area contributed by atoms with Gasteiger partial charge in [-0.05, 0) is 42.8 Å². The fourth-order valence-corrected chi connectivity index (χ4v) is 5.80. The number of pyridine rings is 1. The third kappa shape index (κ3) is 5.37. The highest BCUT2D eigenvalue weighted by atomic mass is 32.2. The van der Waals surface area contributed by atoms with Crippen LogP contribution in [0.5, 0.6) is 0 Å². The Balaban J connectivity index is 1.51. The lowest BCUT2D eigenvalue weighted by atomic mass is 9.95. The minimum Gasteiger partial charge on any atom is -0.423 e. The number of ether oxygens (including phenoxy) is 1. The van der Waals surface area contributed by atoms with Gasteiger partial charge in [0.05, 0.1) is 10.8 Å². The van der Waals surface area contributed by atoms with E-state index in [2.05, 4.69) is 10.3 Å². The molecule has 9 nitrogen and oxygen atoms in total. The summed E-state index contributed by atoms with van der Waals surface area (Å²) < 4.78 is 33.2. The maximum Gasteiger partial charge on any atom is 0.318 e. The van der Waals surface area contributed by atoms with Crippen LogP contribution in [0.4, 0.5) is 5.82 Å². The van der Waals surface area contributed by atoms with Crippen molar-refractivity contribution in [2.45, 2.75) is 17.7 Å². The molecular formula is C31H25N3O6S. The van der Waals surface area contributed by atoms with Gasteiger partial charge in [0.2, 0.25) is 0 Å². The predicted octanol–water partition coefficient (Wildman–Crippen LogP) is 4.60. The highest BCUT2D eigenvalue weighted by Gasteiger charge is 2.40. The standard InChI is InChI=1S/C31H25N3O6S/c1-20(22-13-10-14-23(19-22)28(35)21-11-4-3-5-12-21)31(37)40-29-24-15-6-7-16-25(24)41(38,39)34(2)27(29)30(36)33-26-17-8-9-18-32-26/h3-20H,1-2H3,(H,32,33,36). The Hall–Kier alpha value is -5.09. The van der Waals surface area contributed by atoms with Crippen LogP contribution in [0.2, 0.25) is 0 Å². The van der Waals surface area contributed by atoms with Crippen LogP contribution in [-0.4, -0.2) is 42.4 Å². The molecule has 1 aliphatic heterocycles. The van der Waals surface area contributed by atoms with E-state index in [9.17, 15) is 22.8 Å². The molecule has 1 atom stereocenters. The third-order valence-corrected chi connectivity index (χ3v) is 8.48. The number of ketones is 1. The molecular weight excluding hydrogens is 542 g/mol. The molecule has 10 heteroatoms. The lowest BCUT2D eigenvalue weighted by Crippen LogP contribution is -2.38. The smallest absolute Gasteiger partial charge is 0.318 e. The van der Waals surface area contributed by atoms with Crippen molar-refractivity contribution >= 4 is 39.3 Å². The molecule has 1 N–H and O–H groups in total. The van der Waals surface area contributed by atoms with Crippen LogP contribution in [0, 0.1) is 0 Å². The first-order chi connectivity index (χ1) is 19.7. The average molecular weight is 568 g/mol. The van der Waals surface area contributed by atoms with E-state index in [4.69, 9.17) is 4.74 Å². The van der Waals surface area contributed by atoms with Crippen LogP contribution in [-0.2, 0) is 24.3 Å². The Morgan fingerprint density at radius 2 is 1.54 bits per heavy atom. The quantitative estimate of drug-likeness (QED) is 0.256. The molecule has 0 fully saturated rings. The van der Waals surface area contributed by atoms with Gasteiger partial charge in [0, 0.05) is 29.9 Å². The van der Waals surface area contributed by atoms with Crippen molar-refractivity contribution < 1.29 is 27.5 Å². The van der Waals surface area contributed by atoms with Gasteiger partial charge in [-0.3, -0.25) is 18.7 Å². The zero-order valence-corrected chi connectivity index (χ0v) is 23.0. The summed E-state index contributed by atoms with van der Waals surface area (Å²) in [6.07, 6.45) is 1.47. The second kappa shape index (κ2) is 11.2. The number of fused-ring (bicyclic) bond motifs is 1. The lowest BCUT2D eigenvalue weighted by Gasteiger charge is -2.30. The van der Waals surface area contributed by atoms with Gasteiger partial charge in [0.25, 0.3) is 15.9 Å². The summed E-state index contributed by atoms with van der Waals surface area (Å²) in [7, 11) is -2.91. The summed E-state index contributed by atoms with van der Waals surface area (Å²) in [5, 5.41) is 2.57. The Morgan fingerprint density at radius 3 is 2.27 bits per heavy atom. The highest BCUT2D eigenvalue weighted by molar-refractivity contribution is 7.89. The first-order valence-corrected chi connectivity index (χ1v) is 14.1. The number of benzene rings is 3. The zero-order chi connectivity index (χ0) is 29.1. The van der Waals surface area contributed by atoms with Crippen LogP contribution in [0.3, 0.4) is 0 Å². The molecule has 0 radical (unpaired) electrons. The van der Waals surface area contributed by atoms with Crippen LogP contribution < -0.4 is 5.32 Å². The largest absolute Gasteiger partial charge is 0.423 e. The van der Waals surface area contributed by atoms with Crippen molar-refractivity contribution in [3.05, 3.63) is 131 Å². The first-order valence-electron chi connectivity index (χ1n) is 12.6. The third-order valence-electron chi connectivity index (χ3n) is 6.66. The molecule has 0 spiro atoms. The predicted molar refractivity (Wildman–Crippen MR) is 152 cm³/mol. The van der Waals surface area contributed by atoms with Gasteiger partial charge in [-0.25, -0.2) is 13.4 Å². The van der Waals surface area contributed by atoms with Crippen molar-refractivity contribution in [1.82, 2.24) is 9.29 Å². The van der Waals surface area contributed by atoms with Gasteiger partial charge >= 0.3 is 5.97 Å². The number of nitrogens with one attached hydrogen (secondary N) is 1. The molecule has 0 saturated heterocycles. The molecule has 2 heterocycles. The minimum absolute atomic E-state index is 0.0744. The number of esters is 1. The molecule has 1 unspecified atom stereocenters. The van der Waals surface area contributed by atoms with E-state index < -0.39 is 27.8 Å². The molecule has 0 aliphatic carbocycles. The molecule has 1 amide bonds. The average Bonchev–Trinajstić information content (AvgIpc) is 3.00. The number of carbonyl (C=O) groups excluding carboxylic acids is 3. The van der Waals surface area contributed by atoms with Gasteiger partial charge in [-0.15, -0.1) is 0 Å². The normalized spacial score (nSPS) is 14.5. The molecule has 1 aliphatic rings. The number of anilines is 1. The van der Waals surface area contributed by atoms with E-state index in [1.165, 1.54) is 25.4 Å². The number of sulfonamides is 1. The Morgan fingerprint density at radius 1 is 0.854 bits per heavy atom. The number of likely N-dealkylation sites (N-methyl/N-ethyl adjacent to an activating group) is 1. The summed E-state index contributed by atoms with van der Waals surface area (Å²) in [5.74, 6) is -2.64. The molecule has 1 aromatic heterocycles. The van der Waals surface area contributed by atoms with Crippen molar-refractivity contribution in [2.24, 2.45) is 0 Å². The van der Waals surface area contributed by atoms with E-state index in [1.807, 2.05) is 6.07 Å². The Kier molecular flexibility index (Phi) is 7.50. The fraction of sp³-hybridized carbons (Fsp3) is 0.0968. The molecule has 4 aromatic rings. The van der Waals surface area contributed by atoms with Crippen molar-refractivity contribution in [2.75, 3.05) is 12.4 Å². The van der Waals surface area contributed by atoms with Gasteiger partial charge in [-0.1, -0.05) is 66.7 Å². The summed E-state index contributed by atoms with van der Waals surface area (Å²) in [6, 6.07) is 26.3. The second-order valence-electron chi connectivity index (χ2n) is 9.28. The van der Waals surface area contributed by atoms with E-state index >= 15 is 0 Å². The molecule has 3 aromatic carbocycles. The van der Waals surface area contributed by atoms with Crippen LogP contribution >= 0.6 is 0 Å². The maximum atomic E-state index is 13.5. The van der Waals surface area contributed by atoms with E-state index in [0.717, 1.165) is 4.31 Å². The topological polar surface area (TPSA) is 123 Å². The van der Waals surface area contributed by atoms with Crippen LogP contribution in [0.15, 0.2) is 114 Å². The van der Waals surface area contributed by atoms with Gasteiger partial charge in [0.15, 0.2) is 17.2 Å². The highest BCUT2D eigenvalue weighted by Crippen LogP contribution is 2.38. The van der Waals surface area contributed by atoms with E-state index in [0.29, 0.717) is 16.7 Å². The van der Waals surface area contributed by atoms with E-state index in [-0.39, 0.29) is 33.5 Å². The molecule has 0 bridgehead atoms. The molecule has 5 rings (SSSR count). The Bertz CT molecular complexity index is 1790.